The van der Waals surface area contributed by atoms with E-state index in [1.807, 2.05) is 0 Å². The van der Waals surface area contributed by atoms with Crippen LogP contribution in [0, 0.1) is 9.54 Å². The molecule has 2 heterocycles. The number of hydrogen-bond acceptors (Lipinski definition) is 10. The van der Waals surface area contributed by atoms with Gasteiger partial charge >= 0.3 is 5.97 Å². The second kappa shape index (κ2) is 11.6. The van der Waals surface area contributed by atoms with Gasteiger partial charge in [0.2, 0.25) is 11.8 Å². The van der Waals surface area contributed by atoms with Crippen LogP contribution in [0.2, 0.25) is 5.02 Å². The number of ether oxygens (including phenoxy) is 3. The Hall–Kier alpha value is -3.62. The highest BCUT2D eigenvalue weighted by Gasteiger charge is 2.33. The molecule has 210 valence electrons. The average molecular weight is 599 g/mol. The Morgan fingerprint density at radius 3 is 1.87 bits per heavy atom. The van der Waals surface area contributed by atoms with E-state index in [0.29, 0.717) is 0 Å². The van der Waals surface area contributed by atoms with Gasteiger partial charge in [0.1, 0.15) is 0 Å². The zero-order chi connectivity index (χ0) is 29.3. The lowest BCUT2D eigenvalue weighted by atomic mass is 9.86. The van der Waals surface area contributed by atoms with Gasteiger partial charge in [-0.05, 0) is 49.1 Å². The summed E-state index contributed by atoms with van der Waals surface area (Å²) in [6.45, 7) is 1.35. The zero-order valence-corrected chi connectivity index (χ0v) is 24.4. The van der Waals surface area contributed by atoms with E-state index >= 15 is 0 Å². The lowest BCUT2D eigenvalue weighted by Crippen LogP contribution is -2.33. The molecule has 2 aromatic heterocycles. The molecule has 0 aliphatic heterocycles. The molecule has 0 bridgehead atoms. The lowest BCUT2D eigenvalue weighted by molar-refractivity contribution is -0.145. The quantitative estimate of drug-likeness (QED) is 0.293. The summed E-state index contributed by atoms with van der Waals surface area (Å²) in [6, 6.07) is 2.79. The maximum absolute atomic E-state index is 13.5. The van der Waals surface area contributed by atoms with E-state index in [9.17, 15) is 24.6 Å². The van der Waals surface area contributed by atoms with Crippen LogP contribution in [0.3, 0.4) is 0 Å². The fourth-order valence-electron chi connectivity index (χ4n) is 4.08. The van der Waals surface area contributed by atoms with Gasteiger partial charge in [-0.2, -0.15) is 0 Å². The van der Waals surface area contributed by atoms with Crippen molar-refractivity contribution < 1.29 is 29.2 Å². The first-order valence-electron chi connectivity index (χ1n) is 11.4. The summed E-state index contributed by atoms with van der Waals surface area (Å²) in [5, 5.41) is 22.2. The van der Waals surface area contributed by atoms with Gasteiger partial charge in [-0.3, -0.25) is 27.9 Å². The molecule has 39 heavy (non-hydrogen) atoms. The molecular weight excluding hydrogens is 572 g/mol. The van der Waals surface area contributed by atoms with E-state index in [-0.39, 0.29) is 49.4 Å². The van der Waals surface area contributed by atoms with Crippen LogP contribution in [0.5, 0.6) is 23.3 Å². The van der Waals surface area contributed by atoms with E-state index < -0.39 is 41.4 Å². The molecule has 0 amide bonds. The van der Waals surface area contributed by atoms with Crippen molar-refractivity contribution in [3.63, 3.8) is 0 Å². The van der Waals surface area contributed by atoms with Gasteiger partial charge in [-0.15, -0.1) is 0 Å². The highest BCUT2D eigenvalue weighted by atomic mass is 35.5. The minimum absolute atomic E-state index is 0.00175. The predicted octanol–water partition coefficient (Wildman–Crippen LogP) is 2.42. The summed E-state index contributed by atoms with van der Waals surface area (Å²) in [5.41, 5.74) is -1.79. The van der Waals surface area contributed by atoms with E-state index in [0.717, 1.165) is 9.13 Å². The zero-order valence-electron chi connectivity index (χ0n) is 22.0. The summed E-state index contributed by atoms with van der Waals surface area (Å²) in [7, 11) is 7.04. The molecule has 0 aliphatic carbocycles. The van der Waals surface area contributed by atoms with Crippen LogP contribution < -0.4 is 20.6 Å². The van der Waals surface area contributed by atoms with Crippen LogP contribution in [0.15, 0.2) is 21.7 Å². The number of methoxy groups -OCH3 is 1. The maximum atomic E-state index is 13.5. The summed E-state index contributed by atoms with van der Waals surface area (Å²) in [4.78, 5) is 38.9. The summed E-state index contributed by atoms with van der Waals surface area (Å²) >= 11 is 17.0. The number of carbonyl (C=O) groups excluding carboxylic acids is 1. The monoisotopic (exact) mass is 598 g/mol. The summed E-state index contributed by atoms with van der Waals surface area (Å²) in [5.74, 6) is -3.02. The smallest absolute Gasteiger partial charge is 0.344 e. The largest absolute Gasteiger partial charge is 0.494 e. The molecule has 0 saturated heterocycles. The fraction of sp³-hybridized carbons (Fsp3) is 0.375. The average Bonchev–Trinajstić information content (AvgIpc) is 2.91. The second-order valence-corrected chi connectivity index (χ2v) is 9.58. The van der Waals surface area contributed by atoms with Gasteiger partial charge in [0.05, 0.1) is 35.8 Å². The van der Waals surface area contributed by atoms with Gasteiger partial charge in [0.25, 0.3) is 11.1 Å². The maximum Gasteiger partial charge on any atom is 0.344 e. The minimum Gasteiger partial charge on any atom is -0.494 e. The normalized spacial score (nSPS) is 11.1. The van der Waals surface area contributed by atoms with Crippen molar-refractivity contribution in [3.05, 3.63) is 64.1 Å². The molecule has 15 heteroatoms. The van der Waals surface area contributed by atoms with Gasteiger partial charge in [-0.25, -0.2) is 4.79 Å². The first-order chi connectivity index (χ1) is 18.3. The third kappa shape index (κ3) is 5.31. The second-order valence-electron chi connectivity index (χ2n) is 8.45. The molecule has 2 N–H and O–H groups in total. The van der Waals surface area contributed by atoms with Crippen LogP contribution in [0.25, 0.3) is 0 Å². The van der Waals surface area contributed by atoms with Crippen molar-refractivity contribution in [2.24, 2.45) is 28.2 Å². The van der Waals surface area contributed by atoms with Gasteiger partial charge in [-0.1, -0.05) is 11.6 Å². The molecule has 3 rings (SSSR count). The van der Waals surface area contributed by atoms with Crippen molar-refractivity contribution in [1.29, 1.82) is 0 Å². The lowest BCUT2D eigenvalue weighted by Gasteiger charge is -2.24. The Morgan fingerprint density at radius 1 is 0.949 bits per heavy atom. The minimum atomic E-state index is -1.38. The van der Waals surface area contributed by atoms with Crippen LogP contribution in [-0.4, -0.2) is 54.8 Å². The number of esters is 1. The van der Waals surface area contributed by atoms with Gasteiger partial charge in [0, 0.05) is 28.2 Å². The Morgan fingerprint density at radius 2 is 1.44 bits per heavy atom. The summed E-state index contributed by atoms with van der Waals surface area (Å²) < 4.78 is 20.5. The number of rotatable bonds is 8. The molecule has 0 radical (unpaired) electrons. The molecule has 0 spiro atoms. The first-order valence-corrected chi connectivity index (χ1v) is 12.6. The number of aromatic nitrogens is 4. The molecular formula is C24H27ClN4O8S2. The molecule has 1 aromatic carbocycles. The third-order valence-corrected chi connectivity index (χ3v) is 7.51. The van der Waals surface area contributed by atoms with E-state index in [2.05, 4.69) is 0 Å². The van der Waals surface area contributed by atoms with Crippen LogP contribution >= 0.6 is 36.0 Å². The predicted molar refractivity (Wildman–Crippen MR) is 147 cm³/mol. The third-order valence-electron chi connectivity index (χ3n) is 6.14. The number of hydrogen-bond donors (Lipinski definition) is 2. The number of nitrogens with zero attached hydrogens (tertiary/aromatic N) is 4. The molecule has 0 fully saturated rings. The Bertz CT molecular complexity index is 1620. The number of aromatic hydroxyl groups is 2. The Labute approximate surface area is 237 Å². The van der Waals surface area contributed by atoms with Gasteiger partial charge < -0.3 is 24.4 Å². The van der Waals surface area contributed by atoms with Crippen LogP contribution in [-0.2, 0) is 37.7 Å². The van der Waals surface area contributed by atoms with E-state index in [4.69, 9.17) is 50.2 Å². The number of halogens is 1. The Balaban J connectivity index is 2.44. The SMILES string of the molecule is CCOC(=O)COc1c(Cl)cc(C(c2c(O)n(C)c(=S)n(C)c2=O)c2c(O)n(C)c(=S)n(C)c2=O)cc1OC. The van der Waals surface area contributed by atoms with Crippen molar-refractivity contribution in [2.75, 3.05) is 20.3 Å². The molecule has 0 saturated carbocycles. The Kier molecular flexibility index (Phi) is 8.93. The molecule has 0 atom stereocenters. The highest BCUT2D eigenvalue weighted by molar-refractivity contribution is 7.71. The van der Waals surface area contributed by atoms with Crippen LogP contribution in [0.1, 0.15) is 29.5 Å². The van der Waals surface area contributed by atoms with Crippen molar-refractivity contribution in [3.8, 4) is 23.3 Å². The first kappa shape index (κ1) is 29.9. The summed E-state index contributed by atoms with van der Waals surface area (Å²) in [6.07, 6.45) is 0. The van der Waals surface area contributed by atoms with Gasteiger partial charge in [0.15, 0.2) is 27.6 Å². The van der Waals surface area contributed by atoms with Crippen molar-refractivity contribution >= 4 is 42.0 Å². The highest BCUT2D eigenvalue weighted by Crippen LogP contribution is 2.43. The number of benzene rings is 1. The van der Waals surface area contributed by atoms with E-state index in [1.54, 1.807) is 6.92 Å². The molecule has 12 nitrogen and oxygen atoms in total. The van der Waals surface area contributed by atoms with Crippen LogP contribution in [0.4, 0.5) is 0 Å². The fourth-order valence-corrected chi connectivity index (χ4v) is 4.69. The molecule has 0 aliphatic rings. The molecule has 3 aromatic rings. The molecule has 0 unspecified atom stereocenters. The van der Waals surface area contributed by atoms with E-state index in [1.165, 1.54) is 56.6 Å². The number of carbonyl (C=O) groups is 1. The topological polar surface area (TPSA) is 139 Å². The standard InChI is InChI=1S/C24H27ClN4O8S2/c1-7-36-14(30)10-37-18-12(25)8-11(9-13(18)35-6)15(16-19(31)26(2)23(38)27(3)20(16)32)17-21(33)28(4)24(39)29(5)22(17)34/h8-9,15,31,33H,7,10H2,1-6H3. The van der Waals surface area contributed by atoms with Crippen molar-refractivity contribution in [2.45, 2.75) is 12.8 Å². The van der Waals surface area contributed by atoms with Crippen molar-refractivity contribution in [1.82, 2.24) is 18.3 Å².